The summed E-state index contributed by atoms with van der Waals surface area (Å²) in [5.41, 5.74) is 0.997. The molecule has 0 saturated heterocycles. The molecule has 4 heteroatoms. The van der Waals surface area contributed by atoms with Crippen molar-refractivity contribution in [1.29, 1.82) is 0 Å². The lowest BCUT2D eigenvalue weighted by Crippen LogP contribution is -2.25. The fourth-order valence-corrected chi connectivity index (χ4v) is 2.31. The van der Waals surface area contributed by atoms with Crippen molar-refractivity contribution in [2.45, 2.75) is 45.4 Å². The van der Waals surface area contributed by atoms with Crippen molar-refractivity contribution in [1.82, 2.24) is 10.3 Å². The highest BCUT2D eigenvalue weighted by atomic mass is 32.2. The van der Waals surface area contributed by atoms with E-state index in [9.17, 15) is 0 Å². The molecule has 1 aromatic rings. The number of rotatable bonds is 6. The minimum Gasteiger partial charge on any atom is -0.437 e. The lowest BCUT2D eigenvalue weighted by molar-refractivity contribution is 0.430. The molecule has 0 aliphatic heterocycles. The Morgan fingerprint density at radius 3 is 2.73 bits per heavy atom. The number of hydrogen-bond donors (Lipinski definition) is 1. The van der Waals surface area contributed by atoms with Gasteiger partial charge in [0.1, 0.15) is 5.76 Å². The number of nitrogens with one attached hydrogen (secondary N) is 1. The van der Waals surface area contributed by atoms with Crippen molar-refractivity contribution in [2.24, 2.45) is 0 Å². The zero-order chi connectivity index (χ0) is 11.3. The first kappa shape index (κ1) is 12.6. The first-order chi connectivity index (χ1) is 7.13. The van der Waals surface area contributed by atoms with E-state index in [1.165, 1.54) is 0 Å². The Balaban J connectivity index is 2.25. The van der Waals surface area contributed by atoms with Crippen LogP contribution in [0, 0.1) is 13.8 Å². The van der Waals surface area contributed by atoms with Gasteiger partial charge in [0.05, 0.1) is 5.69 Å². The van der Waals surface area contributed by atoms with Gasteiger partial charge in [0.2, 0.25) is 0 Å². The highest BCUT2D eigenvalue weighted by molar-refractivity contribution is 7.99. The number of oxazole rings is 1. The largest absolute Gasteiger partial charge is 0.437 e. The predicted molar refractivity (Wildman–Crippen MR) is 64.5 cm³/mol. The van der Waals surface area contributed by atoms with Crippen molar-refractivity contribution < 1.29 is 4.42 Å². The van der Waals surface area contributed by atoms with E-state index in [-0.39, 0.29) is 0 Å². The zero-order valence-corrected chi connectivity index (χ0v) is 10.8. The third-order valence-electron chi connectivity index (χ3n) is 2.34. The topological polar surface area (TPSA) is 38.1 Å². The minimum atomic E-state index is 0.569. The van der Waals surface area contributed by atoms with Gasteiger partial charge in [-0.05, 0) is 33.7 Å². The van der Waals surface area contributed by atoms with Crippen LogP contribution in [-0.4, -0.2) is 23.3 Å². The molecule has 0 amide bonds. The Bertz CT molecular complexity index is 279. The number of aryl methyl sites for hydroxylation is 2. The summed E-state index contributed by atoms with van der Waals surface area (Å²) in [5, 5.41) is 4.18. The molecule has 0 saturated carbocycles. The first-order valence-electron chi connectivity index (χ1n) is 5.43. The van der Waals surface area contributed by atoms with Crippen LogP contribution in [0.1, 0.15) is 31.7 Å². The van der Waals surface area contributed by atoms with Gasteiger partial charge in [0, 0.05) is 11.8 Å². The summed E-state index contributed by atoms with van der Waals surface area (Å²) >= 11 is 1.69. The number of thioether (sulfide) groups is 1. The summed E-state index contributed by atoms with van der Waals surface area (Å²) in [5.74, 6) is 1.98. The second kappa shape index (κ2) is 6.18. The van der Waals surface area contributed by atoms with Gasteiger partial charge in [-0.15, -0.1) is 0 Å². The van der Waals surface area contributed by atoms with E-state index in [4.69, 9.17) is 4.42 Å². The van der Waals surface area contributed by atoms with E-state index in [1.54, 1.807) is 11.8 Å². The van der Waals surface area contributed by atoms with Crippen LogP contribution in [0.5, 0.6) is 0 Å². The molecule has 0 aliphatic carbocycles. The molecule has 3 nitrogen and oxygen atoms in total. The summed E-state index contributed by atoms with van der Waals surface area (Å²) in [6.07, 6.45) is 1.14. The quantitative estimate of drug-likeness (QED) is 0.760. The van der Waals surface area contributed by atoms with Crippen LogP contribution in [0.2, 0.25) is 0 Å². The molecule has 0 bridgehead atoms. The number of nitrogens with zero attached hydrogens (tertiary/aromatic N) is 1. The van der Waals surface area contributed by atoms with E-state index >= 15 is 0 Å². The molecular formula is C11H20N2OS. The average molecular weight is 228 g/mol. The van der Waals surface area contributed by atoms with Gasteiger partial charge >= 0.3 is 0 Å². The van der Waals surface area contributed by atoms with Gasteiger partial charge in [-0.3, -0.25) is 0 Å². The van der Waals surface area contributed by atoms with Crippen molar-refractivity contribution in [2.75, 3.05) is 12.3 Å². The van der Waals surface area contributed by atoms with E-state index in [0.717, 1.165) is 35.4 Å². The standard InChI is InChI=1S/C11H20N2OS/c1-5-12-8(2)6-7-15-11-13-9(3)10(4)14-11/h8,12H,5-7H2,1-4H3. The van der Waals surface area contributed by atoms with Crippen LogP contribution in [-0.2, 0) is 0 Å². The third-order valence-corrected chi connectivity index (χ3v) is 3.20. The summed E-state index contributed by atoms with van der Waals surface area (Å²) < 4.78 is 5.49. The number of hydrogen-bond acceptors (Lipinski definition) is 4. The molecule has 1 unspecified atom stereocenters. The van der Waals surface area contributed by atoms with Crippen molar-refractivity contribution in [3.8, 4) is 0 Å². The van der Waals surface area contributed by atoms with E-state index < -0.39 is 0 Å². The van der Waals surface area contributed by atoms with Crippen LogP contribution >= 0.6 is 11.8 Å². The highest BCUT2D eigenvalue weighted by Crippen LogP contribution is 2.20. The molecule has 1 atom stereocenters. The van der Waals surface area contributed by atoms with Crippen LogP contribution in [0.3, 0.4) is 0 Å². The smallest absolute Gasteiger partial charge is 0.256 e. The average Bonchev–Trinajstić information content (AvgIpc) is 2.46. The molecule has 0 radical (unpaired) electrons. The summed E-state index contributed by atoms with van der Waals surface area (Å²) in [6, 6.07) is 0.569. The summed E-state index contributed by atoms with van der Waals surface area (Å²) in [4.78, 5) is 4.33. The van der Waals surface area contributed by atoms with Crippen LogP contribution in [0.4, 0.5) is 0 Å². The summed E-state index contributed by atoms with van der Waals surface area (Å²) in [7, 11) is 0. The molecule has 15 heavy (non-hydrogen) atoms. The van der Waals surface area contributed by atoms with Crippen LogP contribution in [0.25, 0.3) is 0 Å². The Hall–Kier alpha value is -0.480. The maximum Gasteiger partial charge on any atom is 0.256 e. The van der Waals surface area contributed by atoms with E-state index in [1.807, 2.05) is 13.8 Å². The Morgan fingerprint density at radius 1 is 1.47 bits per heavy atom. The second-order valence-electron chi connectivity index (χ2n) is 3.72. The molecule has 0 aromatic carbocycles. The van der Waals surface area contributed by atoms with Crippen molar-refractivity contribution in [3.63, 3.8) is 0 Å². The van der Waals surface area contributed by atoms with Crippen LogP contribution in [0.15, 0.2) is 9.64 Å². The Labute approximate surface area is 96.0 Å². The fourth-order valence-electron chi connectivity index (χ4n) is 1.28. The van der Waals surface area contributed by atoms with Crippen molar-refractivity contribution in [3.05, 3.63) is 11.5 Å². The third kappa shape index (κ3) is 4.26. The van der Waals surface area contributed by atoms with Gasteiger partial charge in [0.15, 0.2) is 0 Å². The van der Waals surface area contributed by atoms with Gasteiger partial charge in [0.25, 0.3) is 5.22 Å². The fraction of sp³-hybridized carbons (Fsp3) is 0.727. The number of aromatic nitrogens is 1. The molecule has 1 rings (SSSR count). The molecule has 86 valence electrons. The molecule has 0 fully saturated rings. The minimum absolute atomic E-state index is 0.569. The molecular weight excluding hydrogens is 208 g/mol. The normalized spacial score (nSPS) is 13.1. The molecule has 0 aliphatic rings. The van der Waals surface area contributed by atoms with Crippen LogP contribution < -0.4 is 5.32 Å². The molecule has 0 spiro atoms. The second-order valence-corrected chi connectivity index (χ2v) is 4.76. The van der Waals surface area contributed by atoms with Gasteiger partial charge in [-0.25, -0.2) is 4.98 Å². The molecule has 1 aromatic heterocycles. The lowest BCUT2D eigenvalue weighted by Gasteiger charge is -2.10. The monoisotopic (exact) mass is 228 g/mol. The SMILES string of the molecule is CCNC(C)CCSc1nc(C)c(C)o1. The van der Waals surface area contributed by atoms with Crippen molar-refractivity contribution >= 4 is 11.8 Å². The molecule has 1 N–H and O–H groups in total. The van der Waals surface area contributed by atoms with Gasteiger partial charge < -0.3 is 9.73 Å². The zero-order valence-electron chi connectivity index (χ0n) is 9.96. The highest BCUT2D eigenvalue weighted by Gasteiger charge is 2.06. The summed E-state index contributed by atoms with van der Waals surface area (Å²) in [6.45, 7) is 9.29. The van der Waals surface area contributed by atoms with E-state index in [0.29, 0.717) is 6.04 Å². The lowest BCUT2D eigenvalue weighted by atomic mass is 10.3. The maximum absolute atomic E-state index is 5.49. The maximum atomic E-state index is 5.49. The van der Waals surface area contributed by atoms with Gasteiger partial charge in [-0.1, -0.05) is 18.7 Å². The van der Waals surface area contributed by atoms with Gasteiger partial charge in [-0.2, -0.15) is 0 Å². The first-order valence-corrected chi connectivity index (χ1v) is 6.42. The predicted octanol–water partition coefficient (Wildman–Crippen LogP) is 2.77. The Kier molecular flexibility index (Phi) is 5.19. The molecule has 1 heterocycles. The Morgan fingerprint density at radius 2 is 2.20 bits per heavy atom. The van der Waals surface area contributed by atoms with E-state index in [2.05, 4.69) is 24.1 Å².